The monoisotopic (exact) mass is 1230 g/mol. The van der Waals surface area contributed by atoms with Crippen LogP contribution in [0.15, 0.2) is 24.3 Å². The minimum atomic E-state index is -4.08. The van der Waals surface area contributed by atoms with Crippen molar-refractivity contribution in [3.05, 3.63) is 49.7 Å². The molecule has 0 bridgehead atoms. The molecule has 0 aromatic heterocycles. The second-order valence-electron chi connectivity index (χ2n) is 9.22. The molecule has 280 valence electrons. The van der Waals surface area contributed by atoms with Crippen LogP contribution in [0.25, 0.3) is 0 Å². The molecule has 2 aromatic carbocycles. The number of carbonyl (C=O) groups is 5. The van der Waals surface area contributed by atoms with E-state index in [2.05, 4.69) is 9.47 Å². The SMILES string of the molecule is C1CCOC1.CC(=O)Oc1c(I)cc(C=O)cc1I.CCOC(=O)C(F)(F)Br.CCOC(=O)C(F)(F)C(O)c1cc(I)c(OC(C)=O)c(I)c1. The molecule has 0 radical (unpaired) electrons. The molecule has 3 rings (SSSR count). The van der Waals surface area contributed by atoms with Crippen LogP contribution in [0, 0.1) is 14.3 Å². The first-order chi connectivity index (χ1) is 23.1. The topological polar surface area (TPSA) is 152 Å². The number of alkyl halides is 5. The highest BCUT2D eigenvalue weighted by Crippen LogP contribution is 2.37. The van der Waals surface area contributed by atoms with Gasteiger partial charge in [0.15, 0.2) is 17.6 Å². The highest BCUT2D eigenvalue weighted by molar-refractivity contribution is 14.1. The summed E-state index contributed by atoms with van der Waals surface area (Å²) in [5.41, 5.74) is 0.400. The number of hydrogen-bond donors (Lipinski definition) is 1. The van der Waals surface area contributed by atoms with Crippen molar-refractivity contribution in [3.8, 4) is 11.5 Å². The molecule has 2 aromatic rings. The predicted octanol–water partition coefficient (Wildman–Crippen LogP) is 8.02. The largest absolute Gasteiger partial charge is 0.461 e. The minimum absolute atomic E-state index is 0.0416. The number of hydrogen-bond acceptors (Lipinski definition) is 11. The van der Waals surface area contributed by atoms with Crippen LogP contribution in [0.4, 0.5) is 17.6 Å². The number of carbonyl (C=O) groups excluding carboxylic acids is 5. The maximum absolute atomic E-state index is 13.8. The molecule has 50 heavy (non-hydrogen) atoms. The van der Waals surface area contributed by atoms with Gasteiger partial charge in [0.2, 0.25) is 0 Å². The summed E-state index contributed by atoms with van der Waals surface area (Å²) in [6.07, 6.45) is 0.960. The summed E-state index contributed by atoms with van der Waals surface area (Å²) in [5.74, 6) is -7.61. The van der Waals surface area contributed by atoms with Crippen LogP contribution in [0.2, 0.25) is 0 Å². The third-order valence-electron chi connectivity index (χ3n) is 5.21. The molecule has 1 saturated heterocycles. The van der Waals surface area contributed by atoms with Crippen LogP contribution in [-0.2, 0) is 33.4 Å². The number of aliphatic hydroxyl groups excluding tert-OH is 1. The zero-order chi connectivity index (χ0) is 38.8. The number of aldehydes is 1. The molecular formula is C30H31BrF4I4O11. The van der Waals surface area contributed by atoms with Crippen molar-refractivity contribution in [1.82, 2.24) is 0 Å². The molecule has 1 heterocycles. The smallest absolute Gasteiger partial charge is 0.395 e. The summed E-state index contributed by atoms with van der Waals surface area (Å²) in [4.78, 5) is 50.1. The van der Waals surface area contributed by atoms with Gasteiger partial charge in [-0.05, 0) is 147 Å². The second-order valence-corrected chi connectivity index (χ2v) is 14.9. The third kappa shape index (κ3) is 18.2. The van der Waals surface area contributed by atoms with E-state index in [1.807, 2.05) is 61.1 Å². The molecule has 1 aliphatic heterocycles. The van der Waals surface area contributed by atoms with Crippen LogP contribution in [-0.4, -0.2) is 72.5 Å². The van der Waals surface area contributed by atoms with Gasteiger partial charge in [-0.3, -0.25) is 14.4 Å². The van der Waals surface area contributed by atoms with E-state index in [1.54, 1.807) is 57.3 Å². The predicted molar refractivity (Wildman–Crippen MR) is 209 cm³/mol. The summed E-state index contributed by atoms with van der Waals surface area (Å²) in [5, 5.41) is 9.80. The summed E-state index contributed by atoms with van der Waals surface area (Å²) >= 11 is 9.46. The number of benzene rings is 2. The van der Waals surface area contributed by atoms with Gasteiger partial charge in [0.25, 0.3) is 0 Å². The molecule has 0 amide bonds. The summed E-state index contributed by atoms with van der Waals surface area (Å²) < 4.78 is 76.6. The summed E-state index contributed by atoms with van der Waals surface area (Å²) in [6.45, 7) is 7.14. The standard InChI is InChI=1S/C13H12F2I2O5.C9H6I2O3.C4H5BrF2O2.C4H8O/c1-3-21-12(20)13(14,15)11(19)7-4-8(16)10(9(17)5-7)22-6(2)18;1-5(13)14-9-7(10)2-6(4-12)3-8(9)11;1-2-9-3(8)4(5,6)7;1-2-4-5-3-1/h4-5,11,19H,3H2,1-2H3;2-4H,1H3;2H2,1H3;1-4H2. The van der Waals surface area contributed by atoms with E-state index in [9.17, 15) is 46.6 Å². The van der Waals surface area contributed by atoms with E-state index in [0.717, 1.165) is 26.6 Å². The molecule has 1 aliphatic rings. The van der Waals surface area contributed by atoms with Crippen LogP contribution in [0.3, 0.4) is 0 Å². The Morgan fingerprint density at radius 2 is 1.20 bits per heavy atom. The third-order valence-corrected chi connectivity index (χ3v) is 8.74. The van der Waals surface area contributed by atoms with Crippen molar-refractivity contribution in [2.75, 3.05) is 26.4 Å². The first-order valence-corrected chi connectivity index (χ1v) is 19.1. The first-order valence-electron chi connectivity index (χ1n) is 14.0. The van der Waals surface area contributed by atoms with E-state index in [0.29, 0.717) is 18.5 Å². The molecular weight excluding hydrogens is 1200 g/mol. The number of halogens is 9. The van der Waals surface area contributed by atoms with Gasteiger partial charge in [-0.15, -0.1) is 0 Å². The maximum Gasteiger partial charge on any atom is 0.395 e. The van der Waals surface area contributed by atoms with E-state index in [1.165, 1.54) is 52.7 Å². The van der Waals surface area contributed by atoms with E-state index in [-0.39, 0.29) is 30.5 Å². The Balaban J connectivity index is 0.000000726. The summed E-state index contributed by atoms with van der Waals surface area (Å²) in [6, 6.07) is 5.79. The number of rotatable bonds is 9. The minimum Gasteiger partial charge on any atom is -0.461 e. The number of esters is 4. The molecule has 1 unspecified atom stereocenters. The molecule has 0 aliphatic carbocycles. The van der Waals surface area contributed by atoms with Crippen LogP contribution >= 0.6 is 106 Å². The average molecular weight is 1230 g/mol. The van der Waals surface area contributed by atoms with Gasteiger partial charge < -0.3 is 28.8 Å². The van der Waals surface area contributed by atoms with Crippen molar-refractivity contribution in [2.45, 2.75) is 57.4 Å². The molecule has 0 spiro atoms. The molecule has 20 heteroatoms. The highest BCUT2D eigenvalue weighted by Gasteiger charge is 2.49. The summed E-state index contributed by atoms with van der Waals surface area (Å²) in [7, 11) is 0. The molecule has 1 N–H and O–H groups in total. The molecule has 0 saturated carbocycles. The zero-order valence-corrected chi connectivity index (χ0v) is 36.9. The quantitative estimate of drug-likeness (QED) is 0.0650. The van der Waals surface area contributed by atoms with Gasteiger partial charge in [-0.2, -0.15) is 17.6 Å². The number of aliphatic hydroxyl groups is 1. The lowest BCUT2D eigenvalue weighted by Gasteiger charge is -2.21. The van der Waals surface area contributed by atoms with Gasteiger partial charge in [-0.1, -0.05) is 0 Å². The lowest BCUT2D eigenvalue weighted by atomic mass is 10.0. The Hall–Kier alpha value is -0.970. The van der Waals surface area contributed by atoms with Crippen molar-refractivity contribution >= 4 is 136 Å². The van der Waals surface area contributed by atoms with Gasteiger partial charge >= 0.3 is 34.6 Å². The van der Waals surface area contributed by atoms with Crippen molar-refractivity contribution < 1.29 is 70.3 Å². The van der Waals surface area contributed by atoms with Gasteiger partial charge in [-0.25, -0.2) is 9.59 Å². The van der Waals surface area contributed by atoms with Crippen molar-refractivity contribution in [1.29, 1.82) is 0 Å². The van der Waals surface area contributed by atoms with E-state index < -0.39 is 34.8 Å². The second kappa shape index (κ2) is 24.4. The Kier molecular flexibility index (Phi) is 23.9. The zero-order valence-electron chi connectivity index (χ0n) is 26.6. The average Bonchev–Trinajstić information content (AvgIpc) is 3.61. The van der Waals surface area contributed by atoms with Crippen molar-refractivity contribution in [2.24, 2.45) is 0 Å². The van der Waals surface area contributed by atoms with E-state index >= 15 is 0 Å². The van der Waals surface area contributed by atoms with Crippen LogP contribution in [0.5, 0.6) is 11.5 Å². The Morgan fingerprint density at radius 1 is 0.820 bits per heavy atom. The normalized spacial score (nSPS) is 12.7. The lowest BCUT2D eigenvalue weighted by Crippen LogP contribution is -2.37. The maximum atomic E-state index is 13.8. The van der Waals surface area contributed by atoms with Crippen LogP contribution < -0.4 is 9.47 Å². The van der Waals surface area contributed by atoms with Gasteiger partial charge in [0.05, 0.1) is 27.5 Å². The van der Waals surface area contributed by atoms with Gasteiger partial charge in [0.1, 0.15) is 6.29 Å². The number of ether oxygens (including phenoxy) is 5. The van der Waals surface area contributed by atoms with Gasteiger partial charge in [0, 0.05) is 48.6 Å². The van der Waals surface area contributed by atoms with Crippen LogP contribution in [0.1, 0.15) is 62.6 Å². The molecule has 11 nitrogen and oxygen atoms in total. The Bertz CT molecular complexity index is 1420. The van der Waals surface area contributed by atoms with E-state index in [4.69, 9.17) is 14.2 Å². The Morgan fingerprint density at radius 3 is 1.48 bits per heavy atom. The fourth-order valence-electron chi connectivity index (χ4n) is 3.14. The fourth-order valence-corrected chi connectivity index (χ4v) is 7.33. The van der Waals surface area contributed by atoms with Crippen molar-refractivity contribution in [3.63, 3.8) is 0 Å². The molecule has 1 fully saturated rings. The fraction of sp³-hybridized carbons (Fsp3) is 0.433. The highest BCUT2D eigenvalue weighted by atomic mass is 127. The lowest BCUT2D eigenvalue weighted by molar-refractivity contribution is -0.189. The Labute approximate surface area is 348 Å². The first kappa shape index (κ1) is 49.0. The molecule has 1 atom stereocenters.